The molecular weight excluding hydrogens is 343 g/mol. The summed E-state index contributed by atoms with van der Waals surface area (Å²) in [5.41, 5.74) is 0.696. The average molecular weight is 401 g/mol. The van der Waals surface area contributed by atoms with Gasteiger partial charge in [-0.2, -0.15) is 9.90 Å². The minimum atomic E-state index is 0. The number of hydrogen-bond acceptors (Lipinski definition) is 0. The van der Waals surface area contributed by atoms with Gasteiger partial charge in [-0.05, 0) is 31.1 Å². The van der Waals surface area contributed by atoms with Crippen LogP contribution in [0.4, 0.5) is 0 Å². The zero-order valence-corrected chi connectivity index (χ0v) is 21.5. The maximum absolute atomic E-state index is 2.37. The molecule has 0 amide bonds. The van der Waals surface area contributed by atoms with Crippen LogP contribution in [-0.2, 0) is 0 Å². The van der Waals surface area contributed by atoms with Crippen LogP contribution in [0.5, 0.6) is 0 Å². The van der Waals surface area contributed by atoms with Gasteiger partial charge in [0.05, 0.1) is 0 Å². The van der Waals surface area contributed by atoms with Crippen molar-refractivity contribution in [3.05, 3.63) is 0 Å². The number of hydrogen-bond donors (Lipinski definition) is 0. The van der Waals surface area contributed by atoms with Crippen LogP contribution in [0.2, 0.25) is 0 Å². The van der Waals surface area contributed by atoms with E-state index in [-0.39, 0.29) is 9.90 Å². The highest BCUT2D eigenvalue weighted by Gasteiger charge is 2.27. The van der Waals surface area contributed by atoms with E-state index in [1.165, 1.54) is 135 Å². The summed E-state index contributed by atoms with van der Waals surface area (Å²) < 4.78 is 0. The van der Waals surface area contributed by atoms with Crippen LogP contribution in [0.1, 0.15) is 163 Å². The van der Waals surface area contributed by atoms with Gasteiger partial charge in [-0.15, -0.1) is 0 Å². The summed E-state index contributed by atoms with van der Waals surface area (Å²) in [6.45, 7) is 9.41. The molecule has 1 atom stereocenters. The van der Waals surface area contributed by atoms with Gasteiger partial charge in [0.2, 0.25) is 0 Å². The van der Waals surface area contributed by atoms with Crippen molar-refractivity contribution in [3.8, 4) is 0 Å². The van der Waals surface area contributed by atoms with Crippen LogP contribution >= 0.6 is 9.90 Å². The van der Waals surface area contributed by atoms with E-state index in [1.54, 1.807) is 0 Å². The van der Waals surface area contributed by atoms with Gasteiger partial charge < -0.3 is 0 Å². The Kier molecular flexibility index (Phi) is 24.9. The second-order valence-electron chi connectivity index (χ2n) is 9.10. The minimum Gasteiger partial charge on any atom is -0.153 e. The highest BCUT2D eigenvalue weighted by molar-refractivity contribution is 6.92. The zero-order valence-electron chi connectivity index (χ0n) is 20.1. The number of rotatable bonds is 21. The Bertz CT molecular complexity index is 239. The van der Waals surface area contributed by atoms with Crippen molar-refractivity contribution in [2.45, 2.75) is 163 Å². The molecule has 0 aromatic heterocycles. The molecule has 0 radical (unpaired) electrons. The van der Waals surface area contributed by atoms with Gasteiger partial charge in [0, 0.05) is 0 Å². The summed E-state index contributed by atoms with van der Waals surface area (Å²) in [6, 6.07) is 0. The molecule has 0 rings (SSSR count). The summed E-state index contributed by atoms with van der Waals surface area (Å²) in [5.74, 6) is 0. The SMILES string of the molecule is CCCCCCCCCCCCCC(CCCC)(CCCC)CCCC.P. The van der Waals surface area contributed by atoms with E-state index in [0.29, 0.717) is 5.41 Å². The molecule has 1 heteroatoms. The first-order valence-electron chi connectivity index (χ1n) is 12.7. The lowest BCUT2D eigenvalue weighted by atomic mass is 9.71. The summed E-state index contributed by atoms with van der Waals surface area (Å²) in [7, 11) is 0. The Balaban J connectivity index is 0. The third-order valence-electron chi connectivity index (χ3n) is 6.49. The van der Waals surface area contributed by atoms with Gasteiger partial charge >= 0.3 is 0 Å². The van der Waals surface area contributed by atoms with Crippen molar-refractivity contribution in [2.24, 2.45) is 5.41 Å². The Hall–Kier alpha value is 0.430. The van der Waals surface area contributed by atoms with Crippen LogP contribution in [0.25, 0.3) is 0 Å². The summed E-state index contributed by atoms with van der Waals surface area (Å²) in [6.07, 6.45) is 30.6. The lowest BCUT2D eigenvalue weighted by Crippen LogP contribution is -2.21. The van der Waals surface area contributed by atoms with Gasteiger partial charge in [-0.3, -0.25) is 0 Å². The van der Waals surface area contributed by atoms with Crippen molar-refractivity contribution in [1.82, 2.24) is 0 Å². The zero-order chi connectivity index (χ0) is 19.3. The molecule has 0 aromatic rings. The molecule has 0 fully saturated rings. The molecule has 0 spiro atoms. The van der Waals surface area contributed by atoms with Gasteiger partial charge in [0.1, 0.15) is 0 Å². The highest BCUT2D eigenvalue weighted by Crippen LogP contribution is 2.41. The Morgan fingerprint density at radius 2 is 0.593 bits per heavy atom. The molecule has 1 unspecified atom stereocenters. The van der Waals surface area contributed by atoms with Crippen molar-refractivity contribution in [1.29, 1.82) is 0 Å². The minimum absolute atomic E-state index is 0. The lowest BCUT2D eigenvalue weighted by Gasteiger charge is -2.35. The first kappa shape index (κ1) is 29.6. The highest BCUT2D eigenvalue weighted by atomic mass is 31.0. The molecule has 0 heterocycles. The van der Waals surface area contributed by atoms with Crippen molar-refractivity contribution >= 4 is 9.90 Å². The maximum Gasteiger partial charge on any atom is -0.0297 e. The predicted molar refractivity (Wildman–Crippen MR) is 133 cm³/mol. The van der Waals surface area contributed by atoms with Crippen molar-refractivity contribution in [3.63, 3.8) is 0 Å². The topological polar surface area (TPSA) is 0 Å². The second kappa shape index (κ2) is 22.7. The van der Waals surface area contributed by atoms with Gasteiger partial charge in [-0.25, -0.2) is 0 Å². The van der Waals surface area contributed by atoms with Gasteiger partial charge in [0.15, 0.2) is 0 Å². The van der Waals surface area contributed by atoms with Gasteiger partial charge in [-0.1, -0.05) is 137 Å². The van der Waals surface area contributed by atoms with E-state index < -0.39 is 0 Å². The fourth-order valence-corrected chi connectivity index (χ4v) is 4.57. The molecular formula is C26H57P. The molecule has 0 aliphatic carbocycles. The van der Waals surface area contributed by atoms with Crippen LogP contribution in [-0.4, -0.2) is 0 Å². The van der Waals surface area contributed by atoms with E-state index >= 15 is 0 Å². The molecule has 0 bridgehead atoms. The molecule has 166 valence electrons. The Morgan fingerprint density at radius 3 is 0.926 bits per heavy atom. The van der Waals surface area contributed by atoms with E-state index in [9.17, 15) is 0 Å². The quantitative estimate of drug-likeness (QED) is 0.133. The van der Waals surface area contributed by atoms with E-state index in [0.717, 1.165) is 0 Å². The van der Waals surface area contributed by atoms with Crippen LogP contribution < -0.4 is 0 Å². The van der Waals surface area contributed by atoms with E-state index in [1.807, 2.05) is 0 Å². The fourth-order valence-electron chi connectivity index (χ4n) is 4.57. The maximum atomic E-state index is 2.37. The molecule has 0 saturated heterocycles. The lowest BCUT2D eigenvalue weighted by molar-refractivity contribution is 0.175. The molecule has 0 nitrogen and oxygen atoms in total. The van der Waals surface area contributed by atoms with Crippen LogP contribution in [0.15, 0.2) is 0 Å². The summed E-state index contributed by atoms with van der Waals surface area (Å²) in [5, 5.41) is 0. The van der Waals surface area contributed by atoms with Crippen molar-refractivity contribution in [2.75, 3.05) is 0 Å². The molecule has 0 aliphatic heterocycles. The third kappa shape index (κ3) is 18.2. The monoisotopic (exact) mass is 400 g/mol. The Labute approximate surface area is 178 Å². The fraction of sp³-hybridized carbons (Fsp3) is 1.00. The normalized spacial score (nSPS) is 11.6. The summed E-state index contributed by atoms with van der Waals surface area (Å²) >= 11 is 0. The van der Waals surface area contributed by atoms with Crippen molar-refractivity contribution < 1.29 is 0 Å². The van der Waals surface area contributed by atoms with E-state index in [2.05, 4.69) is 27.7 Å². The predicted octanol–water partition coefficient (Wildman–Crippen LogP) is 10.3. The standard InChI is InChI=1S/C26H54.H3P/c1-5-9-13-14-15-16-17-18-19-20-21-25-26(22-10-6-2,23-11-7-3)24-12-8-4;/h5-25H2,1-4H3;1H3. The molecule has 27 heavy (non-hydrogen) atoms. The molecule has 0 aromatic carbocycles. The first-order valence-corrected chi connectivity index (χ1v) is 12.7. The van der Waals surface area contributed by atoms with E-state index in [4.69, 9.17) is 0 Å². The first-order chi connectivity index (χ1) is 12.7. The summed E-state index contributed by atoms with van der Waals surface area (Å²) in [4.78, 5) is 0. The largest absolute Gasteiger partial charge is 0.153 e. The van der Waals surface area contributed by atoms with Crippen LogP contribution in [0.3, 0.4) is 0 Å². The smallest absolute Gasteiger partial charge is 0.0297 e. The molecule has 0 aliphatic rings. The molecule has 0 N–H and O–H groups in total. The Morgan fingerprint density at radius 1 is 0.333 bits per heavy atom. The third-order valence-corrected chi connectivity index (χ3v) is 6.49. The van der Waals surface area contributed by atoms with Crippen LogP contribution in [0, 0.1) is 5.41 Å². The number of unbranched alkanes of at least 4 members (excludes halogenated alkanes) is 13. The van der Waals surface area contributed by atoms with Gasteiger partial charge in [0.25, 0.3) is 0 Å². The second-order valence-corrected chi connectivity index (χ2v) is 9.10. The average Bonchev–Trinajstić information content (AvgIpc) is 2.66. The molecule has 0 saturated carbocycles.